The Bertz CT molecular complexity index is 504. The Morgan fingerprint density at radius 1 is 1.33 bits per heavy atom. The fourth-order valence-electron chi connectivity index (χ4n) is 3.93. The lowest BCUT2D eigenvalue weighted by atomic mass is 9.82. The maximum Gasteiger partial charge on any atom is 0.125 e. The van der Waals surface area contributed by atoms with Gasteiger partial charge in [-0.25, -0.2) is 0 Å². The van der Waals surface area contributed by atoms with Gasteiger partial charge < -0.3 is 10.1 Å². The van der Waals surface area contributed by atoms with Gasteiger partial charge in [-0.1, -0.05) is 36.2 Å². The minimum absolute atomic E-state index is 0.0540. The molecular weight excluding hydrogens is 326 g/mol. The molecule has 3 heteroatoms. The lowest BCUT2D eigenvalue weighted by molar-refractivity contribution is 0.0156. The molecule has 1 saturated carbocycles. The molecule has 0 amide bonds. The predicted octanol–water partition coefficient (Wildman–Crippen LogP) is 5.22. The van der Waals surface area contributed by atoms with Crippen molar-refractivity contribution in [2.24, 2.45) is 5.92 Å². The van der Waals surface area contributed by atoms with Crippen LogP contribution in [-0.2, 0) is 0 Å². The van der Waals surface area contributed by atoms with Crippen LogP contribution < -0.4 is 10.1 Å². The maximum atomic E-state index is 6.56. The Morgan fingerprint density at radius 3 is 3.00 bits per heavy atom. The van der Waals surface area contributed by atoms with Crippen molar-refractivity contribution in [1.29, 1.82) is 0 Å². The first kappa shape index (κ1) is 15.4. The third kappa shape index (κ3) is 3.29. The van der Waals surface area contributed by atoms with Gasteiger partial charge in [0, 0.05) is 22.5 Å². The largest absolute Gasteiger partial charge is 0.487 e. The SMILES string of the molecule is CCNC1CC2(CCCC(C)CC2)Oc2ccc(Br)cc21. The van der Waals surface area contributed by atoms with E-state index in [9.17, 15) is 0 Å². The molecule has 3 rings (SSSR count). The second-order valence-electron chi connectivity index (χ2n) is 6.82. The van der Waals surface area contributed by atoms with E-state index in [0.29, 0.717) is 6.04 Å². The van der Waals surface area contributed by atoms with Gasteiger partial charge in [-0.2, -0.15) is 0 Å². The molecule has 0 aromatic heterocycles. The van der Waals surface area contributed by atoms with Crippen molar-refractivity contribution in [1.82, 2.24) is 5.32 Å². The first-order valence-electron chi connectivity index (χ1n) is 8.34. The van der Waals surface area contributed by atoms with E-state index in [2.05, 4.69) is 53.3 Å². The Labute approximate surface area is 136 Å². The number of hydrogen-bond donors (Lipinski definition) is 1. The van der Waals surface area contributed by atoms with Gasteiger partial charge in [0.2, 0.25) is 0 Å². The summed E-state index contributed by atoms with van der Waals surface area (Å²) in [6.45, 7) is 5.58. The highest BCUT2D eigenvalue weighted by atomic mass is 79.9. The smallest absolute Gasteiger partial charge is 0.125 e. The first-order valence-corrected chi connectivity index (χ1v) is 9.13. The molecule has 1 aliphatic heterocycles. The summed E-state index contributed by atoms with van der Waals surface area (Å²) >= 11 is 3.59. The third-order valence-electron chi connectivity index (χ3n) is 5.12. The number of ether oxygens (including phenoxy) is 1. The molecule has 2 nitrogen and oxygen atoms in total. The van der Waals surface area contributed by atoms with Crippen molar-refractivity contribution in [2.75, 3.05) is 6.54 Å². The first-order chi connectivity index (χ1) is 10.1. The standard InChI is InChI=1S/C18H26BrNO/c1-3-20-16-12-18(9-4-5-13(2)8-10-18)21-17-7-6-14(19)11-15(16)17/h6-7,11,13,16,20H,3-5,8-10,12H2,1-2H3. The van der Waals surface area contributed by atoms with Gasteiger partial charge in [-0.3, -0.25) is 0 Å². The van der Waals surface area contributed by atoms with Gasteiger partial charge in [0.1, 0.15) is 11.4 Å². The van der Waals surface area contributed by atoms with Crippen LogP contribution in [0.15, 0.2) is 22.7 Å². The molecule has 116 valence electrons. The van der Waals surface area contributed by atoms with E-state index in [1.54, 1.807) is 0 Å². The van der Waals surface area contributed by atoms with Crippen molar-refractivity contribution >= 4 is 15.9 Å². The second-order valence-corrected chi connectivity index (χ2v) is 7.73. The molecule has 3 unspecified atom stereocenters. The van der Waals surface area contributed by atoms with Gasteiger partial charge in [-0.05, 0) is 56.3 Å². The summed E-state index contributed by atoms with van der Waals surface area (Å²) in [5, 5.41) is 3.67. The number of fused-ring (bicyclic) bond motifs is 1. The van der Waals surface area contributed by atoms with Crippen molar-refractivity contribution in [3.05, 3.63) is 28.2 Å². The number of benzene rings is 1. The van der Waals surface area contributed by atoms with Crippen LogP contribution in [-0.4, -0.2) is 12.1 Å². The quantitative estimate of drug-likeness (QED) is 0.788. The fraction of sp³-hybridized carbons (Fsp3) is 0.667. The van der Waals surface area contributed by atoms with E-state index in [-0.39, 0.29) is 5.60 Å². The highest BCUT2D eigenvalue weighted by Gasteiger charge is 2.41. The highest BCUT2D eigenvalue weighted by molar-refractivity contribution is 9.10. The lowest BCUT2D eigenvalue weighted by Gasteiger charge is -2.42. The van der Waals surface area contributed by atoms with Crippen molar-refractivity contribution < 1.29 is 4.74 Å². The number of hydrogen-bond acceptors (Lipinski definition) is 2. The van der Waals surface area contributed by atoms with Gasteiger partial charge in [0.05, 0.1) is 0 Å². The zero-order valence-corrected chi connectivity index (χ0v) is 14.7. The van der Waals surface area contributed by atoms with E-state index in [1.807, 2.05) is 0 Å². The Balaban J connectivity index is 1.91. The average Bonchev–Trinajstić information content (AvgIpc) is 2.63. The van der Waals surface area contributed by atoms with Gasteiger partial charge in [0.25, 0.3) is 0 Å². The van der Waals surface area contributed by atoms with E-state index in [1.165, 1.54) is 37.7 Å². The van der Waals surface area contributed by atoms with E-state index in [0.717, 1.165) is 29.1 Å². The van der Waals surface area contributed by atoms with Gasteiger partial charge in [-0.15, -0.1) is 0 Å². The summed E-state index contributed by atoms with van der Waals surface area (Å²) in [5.74, 6) is 1.93. The number of halogens is 1. The Morgan fingerprint density at radius 2 is 2.19 bits per heavy atom. The van der Waals surface area contributed by atoms with Crippen molar-refractivity contribution in [3.63, 3.8) is 0 Å². The molecule has 0 radical (unpaired) electrons. The Kier molecular flexibility index (Phi) is 4.60. The van der Waals surface area contributed by atoms with Crippen LogP contribution in [0.25, 0.3) is 0 Å². The van der Waals surface area contributed by atoms with Crippen molar-refractivity contribution in [3.8, 4) is 5.75 Å². The number of nitrogens with one attached hydrogen (secondary N) is 1. The lowest BCUT2D eigenvalue weighted by Crippen LogP contribution is -2.44. The predicted molar refractivity (Wildman–Crippen MR) is 90.8 cm³/mol. The topological polar surface area (TPSA) is 21.3 Å². The van der Waals surface area contributed by atoms with Crippen LogP contribution in [0.2, 0.25) is 0 Å². The highest BCUT2D eigenvalue weighted by Crippen LogP contribution is 2.46. The summed E-state index contributed by atoms with van der Waals surface area (Å²) in [6, 6.07) is 6.87. The van der Waals surface area contributed by atoms with Crippen molar-refractivity contribution in [2.45, 2.75) is 64.0 Å². The van der Waals surface area contributed by atoms with E-state index >= 15 is 0 Å². The zero-order valence-electron chi connectivity index (χ0n) is 13.1. The minimum atomic E-state index is 0.0540. The van der Waals surface area contributed by atoms with Gasteiger partial charge in [0.15, 0.2) is 0 Å². The number of rotatable bonds is 2. The Hall–Kier alpha value is -0.540. The van der Waals surface area contributed by atoms with Gasteiger partial charge >= 0.3 is 0 Å². The molecule has 2 aliphatic rings. The molecule has 1 N–H and O–H groups in total. The molecule has 1 aromatic carbocycles. The monoisotopic (exact) mass is 351 g/mol. The maximum absolute atomic E-state index is 6.56. The molecule has 1 heterocycles. The molecule has 21 heavy (non-hydrogen) atoms. The zero-order chi connectivity index (χ0) is 14.9. The summed E-state index contributed by atoms with van der Waals surface area (Å²) in [7, 11) is 0. The fourth-order valence-corrected chi connectivity index (χ4v) is 4.31. The summed E-state index contributed by atoms with van der Waals surface area (Å²) in [4.78, 5) is 0. The minimum Gasteiger partial charge on any atom is -0.487 e. The van der Waals surface area contributed by atoms with Crippen LogP contribution in [0, 0.1) is 5.92 Å². The van der Waals surface area contributed by atoms with Crippen LogP contribution in [0.5, 0.6) is 5.75 Å². The molecule has 1 spiro atoms. The second kappa shape index (κ2) is 6.29. The summed E-state index contributed by atoms with van der Waals surface area (Å²) in [6.07, 6.45) is 7.46. The normalized spacial score (nSPS) is 32.3. The average molecular weight is 352 g/mol. The summed E-state index contributed by atoms with van der Waals surface area (Å²) < 4.78 is 7.70. The van der Waals surface area contributed by atoms with Crippen LogP contribution in [0.3, 0.4) is 0 Å². The summed E-state index contributed by atoms with van der Waals surface area (Å²) in [5.41, 5.74) is 1.37. The molecule has 1 fully saturated rings. The molecule has 0 bridgehead atoms. The molecule has 3 atom stereocenters. The third-order valence-corrected chi connectivity index (χ3v) is 5.62. The van der Waals surface area contributed by atoms with Crippen LogP contribution in [0.4, 0.5) is 0 Å². The molecule has 1 aromatic rings. The van der Waals surface area contributed by atoms with E-state index < -0.39 is 0 Å². The molecular formula is C18H26BrNO. The molecule has 0 saturated heterocycles. The molecule has 1 aliphatic carbocycles. The van der Waals surface area contributed by atoms with Crippen LogP contribution in [0.1, 0.15) is 64.0 Å². The van der Waals surface area contributed by atoms with E-state index in [4.69, 9.17) is 4.74 Å². The van der Waals surface area contributed by atoms with Crippen LogP contribution >= 0.6 is 15.9 Å².